The molecule has 0 fully saturated rings. The van der Waals surface area contributed by atoms with Crippen LogP contribution in [0.4, 0.5) is 5.69 Å². The van der Waals surface area contributed by atoms with E-state index in [0.717, 1.165) is 39.8 Å². The van der Waals surface area contributed by atoms with Gasteiger partial charge in [0, 0.05) is 22.6 Å². The fourth-order valence-corrected chi connectivity index (χ4v) is 5.69. The molecule has 0 aromatic heterocycles. The predicted molar refractivity (Wildman–Crippen MR) is 163 cm³/mol. The van der Waals surface area contributed by atoms with Gasteiger partial charge < -0.3 is 4.42 Å². The summed E-state index contributed by atoms with van der Waals surface area (Å²) in [6.45, 7) is 10.8. The van der Waals surface area contributed by atoms with Gasteiger partial charge in [0.15, 0.2) is 0 Å². The maximum Gasteiger partial charge on any atom is 0.137 e. The lowest BCUT2D eigenvalue weighted by molar-refractivity contribution is 0.618. The third kappa shape index (κ3) is 4.68. The first kappa shape index (κ1) is 24.9. The summed E-state index contributed by atoms with van der Waals surface area (Å²) < 4.78 is 6.67. The molecule has 1 aliphatic carbocycles. The van der Waals surface area contributed by atoms with Crippen molar-refractivity contribution in [3.8, 4) is 22.5 Å². The number of hydrogen-bond donors (Lipinski definition) is 0. The lowest BCUT2D eigenvalue weighted by atomic mass is 9.90. The Hall–Kier alpha value is -4.43. The van der Waals surface area contributed by atoms with Crippen molar-refractivity contribution in [2.75, 3.05) is 0 Å². The molecule has 4 aromatic rings. The van der Waals surface area contributed by atoms with Gasteiger partial charge in [-0.15, -0.1) is 0 Å². The van der Waals surface area contributed by atoms with E-state index in [4.69, 9.17) is 9.41 Å². The van der Waals surface area contributed by atoms with Gasteiger partial charge in [-0.1, -0.05) is 72.8 Å². The molecule has 0 amide bonds. The zero-order valence-electron chi connectivity index (χ0n) is 23.3. The fourth-order valence-electron chi connectivity index (χ4n) is 5.69. The monoisotopic (exact) mass is 507 g/mol. The van der Waals surface area contributed by atoms with Crippen molar-refractivity contribution >= 4 is 16.7 Å². The lowest BCUT2D eigenvalue weighted by Crippen LogP contribution is -2.03. The van der Waals surface area contributed by atoms with Crippen LogP contribution in [0.2, 0.25) is 0 Å². The zero-order valence-corrected chi connectivity index (χ0v) is 23.3. The SMILES string of the molecule is Cc1ccccc1-c1c2ccc(=Nc3c(C)cccc3C)cc-2oc2cc(Cc3c(C)cccc3C)ccc12. The molecule has 1 heterocycles. The van der Waals surface area contributed by atoms with Gasteiger partial charge in [-0.05, 0) is 104 Å². The summed E-state index contributed by atoms with van der Waals surface area (Å²) in [7, 11) is 0. The summed E-state index contributed by atoms with van der Waals surface area (Å²) in [5, 5.41) is 2.02. The number of nitrogens with zero attached hydrogens (tertiary/aromatic N) is 1. The smallest absolute Gasteiger partial charge is 0.137 e. The normalized spacial score (nSPS) is 12.0. The van der Waals surface area contributed by atoms with Gasteiger partial charge in [0.05, 0.1) is 11.0 Å². The average molecular weight is 508 g/mol. The number of hydrogen-bond acceptors (Lipinski definition) is 2. The van der Waals surface area contributed by atoms with Gasteiger partial charge in [-0.25, -0.2) is 4.99 Å². The summed E-state index contributed by atoms with van der Waals surface area (Å²) in [6, 6.07) is 34.5. The first-order valence-electron chi connectivity index (χ1n) is 13.6. The van der Waals surface area contributed by atoms with E-state index in [1.54, 1.807) is 0 Å². The molecule has 0 saturated heterocycles. The van der Waals surface area contributed by atoms with E-state index >= 15 is 0 Å². The van der Waals surface area contributed by atoms with Gasteiger partial charge in [-0.2, -0.15) is 0 Å². The molecule has 0 atom stereocenters. The van der Waals surface area contributed by atoms with Crippen LogP contribution < -0.4 is 5.36 Å². The molecule has 2 nitrogen and oxygen atoms in total. The molecule has 0 saturated carbocycles. The van der Waals surface area contributed by atoms with Gasteiger partial charge >= 0.3 is 0 Å². The maximum atomic E-state index is 6.67. The maximum absolute atomic E-state index is 6.67. The molecule has 2 heteroatoms. The van der Waals surface area contributed by atoms with E-state index in [2.05, 4.69) is 132 Å². The number of fused-ring (bicyclic) bond motifs is 2. The van der Waals surface area contributed by atoms with Gasteiger partial charge in [-0.3, -0.25) is 0 Å². The molecule has 0 unspecified atom stereocenters. The van der Waals surface area contributed by atoms with E-state index in [0.29, 0.717) is 0 Å². The lowest BCUT2D eigenvalue weighted by Gasteiger charge is -2.18. The Labute approximate surface area is 230 Å². The molecule has 192 valence electrons. The number of benzene rings is 5. The first-order valence-corrected chi connectivity index (χ1v) is 13.6. The number of rotatable bonds is 4. The largest absolute Gasteiger partial charge is 0.456 e. The van der Waals surface area contributed by atoms with Crippen LogP contribution in [0, 0.1) is 34.6 Å². The van der Waals surface area contributed by atoms with Crippen molar-refractivity contribution in [2.24, 2.45) is 4.99 Å². The van der Waals surface area contributed by atoms with Crippen LogP contribution >= 0.6 is 0 Å². The van der Waals surface area contributed by atoms with Crippen LogP contribution in [0.5, 0.6) is 0 Å². The van der Waals surface area contributed by atoms with E-state index < -0.39 is 0 Å². The summed E-state index contributed by atoms with van der Waals surface area (Å²) >= 11 is 0. The molecule has 6 rings (SSSR count). The van der Waals surface area contributed by atoms with Crippen molar-refractivity contribution in [2.45, 2.75) is 41.0 Å². The van der Waals surface area contributed by atoms with E-state index in [-0.39, 0.29) is 0 Å². The Morgan fingerprint density at radius 2 is 1.26 bits per heavy atom. The summed E-state index contributed by atoms with van der Waals surface area (Å²) in [5.74, 6) is 0.845. The highest BCUT2D eigenvalue weighted by molar-refractivity contribution is 6.02. The second-order valence-electron chi connectivity index (χ2n) is 10.7. The standard InChI is InChI=1S/C37H33NO/c1-23-10-6-7-15-30(23)36-31-18-16-28(20-33-24(2)11-8-12-25(33)3)21-34(31)39-35-22-29(17-19-32(35)36)38-37-26(4)13-9-14-27(37)5/h6-19,21-22H,20H2,1-5H3. The van der Waals surface area contributed by atoms with Crippen molar-refractivity contribution in [3.63, 3.8) is 0 Å². The molecule has 0 radical (unpaired) electrons. The van der Waals surface area contributed by atoms with Crippen LogP contribution in [0.15, 0.2) is 106 Å². The van der Waals surface area contributed by atoms with Crippen LogP contribution in [0.25, 0.3) is 33.4 Å². The summed E-state index contributed by atoms with van der Waals surface area (Å²) in [4.78, 5) is 5.02. The van der Waals surface area contributed by atoms with E-state index in [1.165, 1.54) is 50.1 Å². The quantitative estimate of drug-likeness (QED) is 0.218. The number of aryl methyl sites for hydroxylation is 5. The van der Waals surface area contributed by atoms with Crippen molar-refractivity contribution < 1.29 is 4.42 Å². The topological polar surface area (TPSA) is 25.5 Å². The summed E-state index contributed by atoms with van der Waals surface area (Å²) in [6.07, 6.45) is 0.879. The second-order valence-corrected chi connectivity index (χ2v) is 10.7. The first-order chi connectivity index (χ1) is 18.9. The highest BCUT2D eigenvalue weighted by Gasteiger charge is 2.19. The fraction of sp³-hybridized carbons (Fsp3) is 0.162. The third-order valence-corrected chi connectivity index (χ3v) is 7.89. The molecular weight excluding hydrogens is 474 g/mol. The molecule has 39 heavy (non-hydrogen) atoms. The Morgan fingerprint density at radius 3 is 1.97 bits per heavy atom. The molecule has 1 aliphatic heterocycles. The van der Waals surface area contributed by atoms with Crippen molar-refractivity contribution in [3.05, 3.63) is 141 Å². The molecule has 0 N–H and O–H groups in total. The number of para-hydroxylation sites is 1. The Morgan fingerprint density at radius 1 is 0.590 bits per heavy atom. The van der Waals surface area contributed by atoms with Gasteiger partial charge in [0.2, 0.25) is 0 Å². The molecule has 4 aromatic carbocycles. The highest BCUT2D eigenvalue weighted by Crippen LogP contribution is 2.41. The Bertz CT molecular complexity index is 1850. The summed E-state index contributed by atoms with van der Waals surface area (Å²) in [5.41, 5.74) is 14.3. The average Bonchev–Trinajstić information content (AvgIpc) is 2.92. The van der Waals surface area contributed by atoms with Crippen molar-refractivity contribution in [1.29, 1.82) is 0 Å². The van der Waals surface area contributed by atoms with E-state index in [1.807, 2.05) is 0 Å². The van der Waals surface area contributed by atoms with Crippen LogP contribution in [0.3, 0.4) is 0 Å². The minimum absolute atomic E-state index is 0.845. The van der Waals surface area contributed by atoms with Crippen LogP contribution in [0.1, 0.15) is 38.9 Å². The Balaban J connectivity index is 1.59. The molecule has 0 spiro atoms. The van der Waals surface area contributed by atoms with Gasteiger partial charge in [0.25, 0.3) is 0 Å². The second kappa shape index (κ2) is 10.0. The zero-order chi connectivity index (χ0) is 27.1. The molecule has 2 aliphatic rings. The van der Waals surface area contributed by atoms with Crippen LogP contribution in [-0.4, -0.2) is 0 Å². The minimum Gasteiger partial charge on any atom is -0.456 e. The Kier molecular flexibility index (Phi) is 6.40. The third-order valence-electron chi connectivity index (χ3n) is 7.89. The van der Waals surface area contributed by atoms with Crippen molar-refractivity contribution in [1.82, 2.24) is 0 Å². The molecular formula is C37H33NO. The van der Waals surface area contributed by atoms with Gasteiger partial charge in [0.1, 0.15) is 11.3 Å². The highest BCUT2D eigenvalue weighted by atomic mass is 16.3. The predicted octanol–water partition coefficient (Wildman–Crippen LogP) is 9.57. The van der Waals surface area contributed by atoms with Crippen LogP contribution in [-0.2, 0) is 6.42 Å². The minimum atomic E-state index is 0.845. The van der Waals surface area contributed by atoms with E-state index in [9.17, 15) is 0 Å². The molecule has 0 bridgehead atoms.